The standard InChI is InChI=1S/C6HF9N2O/c7-4(8,9)2(5(10,11)12)1(17-16)3(18)6(13,14)15/h2H. The lowest BCUT2D eigenvalue weighted by Crippen LogP contribution is -2.49. The summed E-state index contributed by atoms with van der Waals surface area (Å²) in [5.74, 6) is -8.34. The van der Waals surface area contributed by atoms with Gasteiger partial charge in [-0.3, -0.25) is 4.79 Å². The van der Waals surface area contributed by atoms with Gasteiger partial charge in [0.15, 0.2) is 0 Å². The number of carbonyl (C=O) groups is 1. The molecule has 0 amide bonds. The van der Waals surface area contributed by atoms with Crippen LogP contribution in [0.5, 0.6) is 0 Å². The molecular weight excluding hydrogens is 287 g/mol. The van der Waals surface area contributed by atoms with Crippen LogP contribution in [0.4, 0.5) is 39.5 Å². The number of alkyl halides is 9. The summed E-state index contributed by atoms with van der Waals surface area (Å²) in [5.41, 5.74) is 4.74. The van der Waals surface area contributed by atoms with Gasteiger partial charge in [0.05, 0.1) is 0 Å². The average molecular weight is 288 g/mol. The van der Waals surface area contributed by atoms with E-state index in [1.165, 1.54) is 4.79 Å². The summed E-state index contributed by atoms with van der Waals surface area (Å²) in [7, 11) is 0. The molecule has 3 nitrogen and oxygen atoms in total. The SMILES string of the molecule is [N-]=[N+]=C(C(=O)C(F)(F)F)C(C(F)(F)F)C(F)(F)F. The second kappa shape index (κ2) is 4.59. The molecule has 0 heterocycles. The summed E-state index contributed by atoms with van der Waals surface area (Å²) in [6, 6.07) is 0. The van der Waals surface area contributed by atoms with E-state index in [1.807, 2.05) is 0 Å². The Hall–Kier alpha value is -1.58. The monoisotopic (exact) mass is 288 g/mol. The second-order valence-electron chi connectivity index (χ2n) is 2.83. The molecule has 0 bridgehead atoms. The largest absolute Gasteiger partial charge is 0.462 e. The molecule has 0 radical (unpaired) electrons. The van der Waals surface area contributed by atoms with Gasteiger partial charge in [0, 0.05) is 0 Å². The van der Waals surface area contributed by atoms with Gasteiger partial charge in [-0.1, -0.05) is 0 Å². The van der Waals surface area contributed by atoms with Gasteiger partial charge in [0.2, 0.25) is 0 Å². The highest BCUT2D eigenvalue weighted by molar-refractivity contribution is 6.40. The van der Waals surface area contributed by atoms with Crippen LogP contribution < -0.4 is 0 Å². The molecule has 0 spiro atoms. The summed E-state index contributed by atoms with van der Waals surface area (Å²) >= 11 is 0. The molecule has 0 atom stereocenters. The summed E-state index contributed by atoms with van der Waals surface area (Å²) in [5, 5.41) is 0. The zero-order chi connectivity index (χ0) is 14.9. The van der Waals surface area contributed by atoms with Crippen molar-refractivity contribution < 1.29 is 49.1 Å². The van der Waals surface area contributed by atoms with Crippen molar-refractivity contribution in [1.82, 2.24) is 0 Å². The quantitative estimate of drug-likeness (QED) is 0.333. The first-order valence-electron chi connectivity index (χ1n) is 3.69. The molecule has 12 heteroatoms. The zero-order valence-corrected chi connectivity index (χ0v) is 7.78. The highest BCUT2D eigenvalue weighted by Gasteiger charge is 2.68. The van der Waals surface area contributed by atoms with E-state index in [4.69, 9.17) is 5.53 Å². The van der Waals surface area contributed by atoms with E-state index in [0.717, 1.165) is 0 Å². The minimum atomic E-state index is -6.26. The first-order chi connectivity index (χ1) is 7.73. The normalized spacial score (nSPS) is 13.4. The van der Waals surface area contributed by atoms with Gasteiger partial charge in [-0.2, -0.15) is 44.3 Å². The van der Waals surface area contributed by atoms with Crippen molar-refractivity contribution in [2.24, 2.45) is 5.92 Å². The molecule has 0 fully saturated rings. The Labute approximate surface area is 91.8 Å². The van der Waals surface area contributed by atoms with Crippen LogP contribution >= 0.6 is 0 Å². The van der Waals surface area contributed by atoms with Crippen LogP contribution in [0.2, 0.25) is 0 Å². The maximum absolute atomic E-state index is 12.0. The maximum Gasteiger partial charge on any atom is 0.462 e. The molecule has 104 valence electrons. The van der Waals surface area contributed by atoms with Crippen LogP contribution in [0, 0.1) is 5.92 Å². The van der Waals surface area contributed by atoms with Gasteiger partial charge in [-0.15, -0.1) is 0 Å². The van der Waals surface area contributed by atoms with Gasteiger partial charge in [0.1, 0.15) is 0 Å². The van der Waals surface area contributed by atoms with Crippen molar-refractivity contribution in [3.63, 3.8) is 0 Å². The molecule has 0 saturated heterocycles. The van der Waals surface area contributed by atoms with Crippen LogP contribution in [0.25, 0.3) is 5.53 Å². The highest BCUT2D eigenvalue weighted by atomic mass is 19.4. The van der Waals surface area contributed by atoms with E-state index < -0.39 is 35.9 Å². The molecule has 0 aliphatic carbocycles. The molecule has 0 N–H and O–H groups in total. The third-order valence-electron chi connectivity index (χ3n) is 1.53. The molecule has 0 rings (SSSR count). The molecular formula is C6HF9N2O. The number of hydrogen-bond donors (Lipinski definition) is 0. The number of rotatable bonds is 2. The summed E-state index contributed by atoms with van der Waals surface area (Å²) in [4.78, 5) is 11.5. The summed E-state index contributed by atoms with van der Waals surface area (Å²) in [6.45, 7) is 0. The van der Waals surface area contributed by atoms with Crippen molar-refractivity contribution in [1.29, 1.82) is 0 Å². The fraction of sp³-hybridized carbons (Fsp3) is 0.667. The Morgan fingerprint density at radius 1 is 0.889 bits per heavy atom. The third kappa shape index (κ3) is 3.72. The van der Waals surface area contributed by atoms with E-state index in [1.54, 1.807) is 0 Å². The summed E-state index contributed by atoms with van der Waals surface area (Å²) in [6.07, 6.45) is -18.6. The minimum Gasteiger partial charge on any atom is -0.361 e. The van der Waals surface area contributed by atoms with E-state index >= 15 is 0 Å². The molecule has 0 aromatic rings. The lowest BCUT2D eigenvalue weighted by Gasteiger charge is -2.18. The van der Waals surface area contributed by atoms with Gasteiger partial charge in [0.25, 0.3) is 5.92 Å². The number of Topliss-reactive ketones (excluding diaryl/α,β-unsaturated/α-hetero) is 1. The molecule has 18 heavy (non-hydrogen) atoms. The predicted molar refractivity (Wildman–Crippen MR) is 35.3 cm³/mol. The van der Waals surface area contributed by atoms with Crippen LogP contribution in [0.15, 0.2) is 0 Å². The molecule has 0 aliphatic heterocycles. The molecule has 0 aromatic carbocycles. The van der Waals surface area contributed by atoms with Gasteiger partial charge < -0.3 is 5.53 Å². The number of hydrogen-bond acceptors (Lipinski definition) is 1. The fourth-order valence-electron chi connectivity index (χ4n) is 0.875. The maximum atomic E-state index is 12.0. The minimum absolute atomic E-state index is 1.19. The number of nitrogens with zero attached hydrogens (tertiary/aromatic N) is 2. The van der Waals surface area contributed by atoms with Crippen molar-refractivity contribution in [2.45, 2.75) is 18.5 Å². The molecule has 0 aromatic heterocycles. The van der Waals surface area contributed by atoms with E-state index in [2.05, 4.69) is 0 Å². The number of ketones is 1. The predicted octanol–water partition coefficient (Wildman–Crippen LogP) is 2.53. The zero-order valence-electron chi connectivity index (χ0n) is 7.78. The van der Waals surface area contributed by atoms with Crippen molar-refractivity contribution in [2.75, 3.05) is 0 Å². The Morgan fingerprint density at radius 3 is 1.39 bits per heavy atom. The van der Waals surface area contributed by atoms with Gasteiger partial charge in [-0.05, 0) is 0 Å². The lowest BCUT2D eigenvalue weighted by molar-refractivity contribution is -0.268. The summed E-state index contributed by atoms with van der Waals surface area (Å²) < 4.78 is 107. The van der Waals surface area contributed by atoms with Crippen LogP contribution in [-0.4, -0.2) is 34.8 Å². The third-order valence-corrected chi connectivity index (χ3v) is 1.53. The average Bonchev–Trinajstić information content (AvgIpc) is 2.06. The first kappa shape index (κ1) is 16.4. The highest BCUT2D eigenvalue weighted by Crippen LogP contribution is 2.40. The van der Waals surface area contributed by atoms with Crippen molar-refractivity contribution in [3.05, 3.63) is 5.53 Å². The Morgan fingerprint density at radius 2 is 1.22 bits per heavy atom. The molecule has 0 saturated carbocycles. The topological polar surface area (TPSA) is 53.5 Å². The first-order valence-corrected chi connectivity index (χ1v) is 3.69. The van der Waals surface area contributed by atoms with E-state index in [0.29, 0.717) is 0 Å². The number of halogens is 9. The Balaban J connectivity index is 5.79. The van der Waals surface area contributed by atoms with Crippen LogP contribution in [0.1, 0.15) is 0 Å². The number of carbonyl (C=O) groups excluding carboxylic acids is 1. The van der Waals surface area contributed by atoms with Gasteiger partial charge in [-0.25, -0.2) is 0 Å². The second-order valence-corrected chi connectivity index (χ2v) is 2.83. The van der Waals surface area contributed by atoms with Crippen molar-refractivity contribution in [3.8, 4) is 0 Å². The van der Waals surface area contributed by atoms with Crippen LogP contribution in [0.3, 0.4) is 0 Å². The van der Waals surface area contributed by atoms with Gasteiger partial charge >= 0.3 is 30.0 Å². The fourth-order valence-corrected chi connectivity index (χ4v) is 0.875. The lowest BCUT2D eigenvalue weighted by atomic mass is 9.98. The molecule has 0 unspecified atom stereocenters. The van der Waals surface area contributed by atoms with E-state index in [9.17, 15) is 44.3 Å². The Kier molecular flexibility index (Phi) is 4.19. The van der Waals surface area contributed by atoms with Crippen molar-refractivity contribution >= 4 is 11.5 Å². The van der Waals surface area contributed by atoms with E-state index in [-0.39, 0.29) is 0 Å². The Bertz CT molecular complexity index is 369. The molecule has 0 aliphatic rings. The smallest absolute Gasteiger partial charge is 0.361 e. The van der Waals surface area contributed by atoms with Crippen LogP contribution in [-0.2, 0) is 4.79 Å².